The Labute approximate surface area is 92.7 Å². The molecular weight excluding hydrogens is 242 g/mol. The van der Waals surface area contributed by atoms with E-state index in [2.05, 4.69) is 22.5 Å². The maximum absolute atomic E-state index is 11.2. The Morgan fingerprint density at radius 2 is 2.29 bits per heavy atom. The number of allylic oxidation sites excluding steroid dienone is 5. The first-order valence-corrected chi connectivity index (χ1v) is 5.27. The predicted molar refractivity (Wildman–Crippen MR) is 61.1 cm³/mol. The third-order valence-corrected chi connectivity index (χ3v) is 2.08. The second kappa shape index (κ2) is 7.28. The molecule has 2 nitrogen and oxygen atoms in total. The molecule has 14 heavy (non-hydrogen) atoms. The van der Waals surface area contributed by atoms with E-state index in [0.29, 0.717) is 22.9 Å². The summed E-state index contributed by atoms with van der Waals surface area (Å²) in [4.78, 5) is 11.2. The van der Waals surface area contributed by atoms with Crippen LogP contribution in [0.25, 0.3) is 0 Å². The van der Waals surface area contributed by atoms with Crippen LogP contribution in [0.4, 0.5) is 0 Å². The minimum absolute atomic E-state index is 0.0336. The summed E-state index contributed by atoms with van der Waals surface area (Å²) in [5.74, 6) is 0.0336. The molecule has 0 aliphatic heterocycles. The largest absolute Gasteiger partial charge is 0.293 e. The molecule has 0 amide bonds. The SMILES string of the molecule is C=C(C#N)C/C=C\C(=C/C)C(=O)CBr. The van der Waals surface area contributed by atoms with E-state index < -0.39 is 0 Å². The number of halogens is 1. The van der Waals surface area contributed by atoms with Gasteiger partial charge in [-0.15, -0.1) is 0 Å². The Kier molecular flexibility index (Phi) is 6.69. The van der Waals surface area contributed by atoms with Crippen molar-refractivity contribution >= 4 is 21.7 Å². The summed E-state index contributed by atoms with van der Waals surface area (Å²) >= 11 is 3.10. The van der Waals surface area contributed by atoms with E-state index in [0.717, 1.165) is 0 Å². The summed E-state index contributed by atoms with van der Waals surface area (Å²) in [6, 6.07) is 1.94. The lowest BCUT2D eigenvalue weighted by molar-refractivity contribution is -0.112. The topological polar surface area (TPSA) is 40.9 Å². The van der Waals surface area contributed by atoms with Crippen molar-refractivity contribution in [3.05, 3.63) is 36.0 Å². The van der Waals surface area contributed by atoms with Crippen molar-refractivity contribution in [1.29, 1.82) is 5.26 Å². The van der Waals surface area contributed by atoms with Gasteiger partial charge in [-0.1, -0.05) is 40.7 Å². The number of Topliss-reactive ketones (excluding diaryl/α,β-unsaturated/α-hetero) is 1. The molecule has 0 saturated heterocycles. The van der Waals surface area contributed by atoms with Gasteiger partial charge in [0.15, 0.2) is 5.78 Å². The normalized spacial score (nSPS) is 11.4. The molecule has 3 heteroatoms. The molecule has 0 spiro atoms. The van der Waals surface area contributed by atoms with Gasteiger partial charge < -0.3 is 0 Å². The number of nitriles is 1. The first kappa shape index (κ1) is 12.9. The Morgan fingerprint density at radius 3 is 2.71 bits per heavy atom. The van der Waals surface area contributed by atoms with Crippen molar-refractivity contribution < 1.29 is 4.79 Å². The zero-order valence-corrected chi connectivity index (χ0v) is 9.67. The van der Waals surface area contributed by atoms with E-state index in [4.69, 9.17) is 5.26 Å². The van der Waals surface area contributed by atoms with Crippen LogP contribution in [-0.2, 0) is 4.79 Å². The van der Waals surface area contributed by atoms with Crippen LogP contribution in [0.5, 0.6) is 0 Å². The fraction of sp³-hybridized carbons (Fsp3) is 0.273. The Hall–Kier alpha value is -1.14. The minimum Gasteiger partial charge on any atom is -0.293 e. The predicted octanol–water partition coefficient (Wildman–Crippen LogP) is 2.92. The summed E-state index contributed by atoms with van der Waals surface area (Å²) in [5.41, 5.74) is 1.13. The summed E-state index contributed by atoms with van der Waals surface area (Å²) in [6.45, 7) is 5.34. The Balaban J connectivity index is 4.29. The van der Waals surface area contributed by atoms with E-state index in [1.54, 1.807) is 25.2 Å². The van der Waals surface area contributed by atoms with Crippen LogP contribution < -0.4 is 0 Å². The maximum Gasteiger partial charge on any atom is 0.173 e. The molecule has 0 N–H and O–H groups in total. The number of carbonyl (C=O) groups excluding carboxylic acids is 1. The molecule has 0 aromatic rings. The van der Waals surface area contributed by atoms with Gasteiger partial charge in [-0.05, 0) is 6.92 Å². The lowest BCUT2D eigenvalue weighted by Crippen LogP contribution is -2.00. The third-order valence-electron chi connectivity index (χ3n) is 1.57. The van der Waals surface area contributed by atoms with Crippen LogP contribution in [-0.4, -0.2) is 11.1 Å². The highest BCUT2D eigenvalue weighted by Gasteiger charge is 2.01. The second-order valence-electron chi connectivity index (χ2n) is 2.62. The number of carbonyl (C=O) groups is 1. The van der Waals surface area contributed by atoms with Gasteiger partial charge in [-0.25, -0.2) is 0 Å². The van der Waals surface area contributed by atoms with Gasteiger partial charge in [0.05, 0.1) is 11.4 Å². The molecule has 0 saturated carbocycles. The van der Waals surface area contributed by atoms with Gasteiger partial charge >= 0.3 is 0 Å². The van der Waals surface area contributed by atoms with E-state index in [-0.39, 0.29) is 5.78 Å². The molecule has 0 atom stereocenters. The van der Waals surface area contributed by atoms with Crippen LogP contribution >= 0.6 is 15.9 Å². The standard InChI is InChI=1S/C11H12BrNO/c1-3-10(11(14)7-12)6-4-5-9(2)8-13/h3-4,6H,2,5,7H2,1H3/b6-4-,10-3+. The lowest BCUT2D eigenvalue weighted by Gasteiger charge is -1.95. The fourth-order valence-electron chi connectivity index (χ4n) is 0.801. The highest BCUT2D eigenvalue weighted by molar-refractivity contribution is 9.09. The fourth-order valence-corrected chi connectivity index (χ4v) is 1.12. The highest BCUT2D eigenvalue weighted by atomic mass is 79.9. The Bertz CT molecular complexity index is 321. The zero-order chi connectivity index (χ0) is 11.0. The number of rotatable bonds is 5. The van der Waals surface area contributed by atoms with Crippen LogP contribution in [0.3, 0.4) is 0 Å². The van der Waals surface area contributed by atoms with Crippen molar-refractivity contribution in [1.82, 2.24) is 0 Å². The summed E-state index contributed by atoms with van der Waals surface area (Å²) in [5, 5.41) is 8.76. The van der Waals surface area contributed by atoms with Crippen molar-refractivity contribution in [2.45, 2.75) is 13.3 Å². The third kappa shape index (κ3) is 4.78. The van der Waals surface area contributed by atoms with Crippen molar-refractivity contribution in [2.24, 2.45) is 0 Å². The number of alkyl halides is 1. The Morgan fingerprint density at radius 1 is 1.64 bits per heavy atom. The molecule has 74 valence electrons. The molecule has 0 unspecified atom stereocenters. The zero-order valence-electron chi connectivity index (χ0n) is 8.09. The highest BCUT2D eigenvalue weighted by Crippen LogP contribution is 2.04. The monoisotopic (exact) mass is 253 g/mol. The average Bonchev–Trinajstić information content (AvgIpc) is 2.22. The van der Waals surface area contributed by atoms with Crippen LogP contribution in [0, 0.1) is 11.3 Å². The van der Waals surface area contributed by atoms with Gasteiger partial charge in [0, 0.05) is 17.6 Å². The molecule has 0 aromatic carbocycles. The molecule has 0 aromatic heterocycles. The summed E-state index contributed by atoms with van der Waals surface area (Å²) in [7, 11) is 0. The van der Waals surface area contributed by atoms with Crippen LogP contribution in [0.15, 0.2) is 36.0 Å². The average molecular weight is 254 g/mol. The lowest BCUT2D eigenvalue weighted by atomic mass is 10.1. The quantitative estimate of drug-likeness (QED) is 0.327. The smallest absolute Gasteiger partial charge is 0.173 e. The molecule has 0 heterocycles. The molecule has 0 radical (unpaired) electrons. The van der Waals surface area contributed by atoms with Gasteiger partial charge in [-0.3, -0.25) is 4.79 Å². The first-order valence-electron chi connectivity index (χ1n) is 4.15. The van der Waals surface area contributed by atoms with Gasteiger partial charge in [0.1, 0.15) is 0 Å². The number of nitrogens with zero attached hydrogens (tertiary/aromatic N) is 1. The number of hydrogen-bond acceptors (Lipinski definition) is 2. The van der Waals surface area contributed by atoms with Crippen LogP contribution in [0.2, 0.25) is 0 Å². The summed E-state index contributed by atoms with van der Waals surface area (Å²) in [6.07, 6.45) is 5.71. The number of hydrogen-bond donors (Lipinski definition) is 0. The minimum atomic E-state index is 0.0336. The molecular formula is C11H12BrNO. The van der Waals surface area contributed by atoms with E-state index in [9.17, 15) is 4.79 Å². The maximum atomic E-state index is 11.2. The summed E-state index contributed by atoms with van der Waals surface area (Å²) < 4.78 is 0. The molecule has 0 fully saturated rings. The molecule has 0 aliphatic rings. The van der Waals surface area contributed by atoms with E-state index in [1.165, 1.54) is 0 Å². The number of ketones is 1. The van der Waals surface area contributed by atoms with Gasteiger partial charge in [0.2, 0.25) is 0 Å². The molecule has 0 aliphatic carbocycles. The van der Waals surface area contributed by atoms with Crippen molar-refractivity contribution in [2.75, 3.05) is 5.33 Å². The van der Waals surface area contributed by atoms with E-state index in [1.807, 2.05) is 6.07 Å². The molecule has 0 bridgehead atoms. The van der Waals surface area contributed by atoms with Crippen molar-refractivity contribution in [3.63, 3.8) is 0 Å². The van der Waals surface area contributed by atoms with Crippen molar-refractivity contribution in [3.8, 4) is 6.07 Å². The first-order chi connectivity index (χ1) is 6.65. The second-order valence-corrected chi connectivity index (χ2v) is 3.18. The van der Waals surface area contributed by atoms with Gasteiger partial charge in [0.25, 0.3) is 0 Å². The van der Waals surface area contributed by atoms with Gasteiger partial charge in [-0.2, -0.15) is 5.26 Å². The van der Waals surface area contributed by atoms with E-state index >= 15 is 0 Å². The van der Waals surface area contributed by atoms with Crippen LogP contribution in [0.1, 0.15) is 13.3 Å². The molecule has 0 rings (SSSR count).